The Bertz CT molecular complexity index is 1440. The predicted molar refractivity (Wildman–Crippen MR) is 117 cm³/mol. The molecule has 1 aliphatic heterocycles. The van der Waals surface area contributed by atoms with Gasteiger partial charge in [0, 0.05) is 17.6 Å². The number of hydrogen-bond donors (Lipinski definition) is 2. The number of rotatable bonds is 4. The zero-order chi connectivity index (χ0) is 21.7. The SMILES string of the molecule is Nc1c2c(cc(=O)n1-c1ccc3c(c1)ncn3CCc1ccc(Cl)cc1)C(=O)NC2=O. The Hall–Kier alpha value is -3.91. The topological polar surface area (TPSA) is 112 Å². The lowest BCUT2D eigenvalue weighted by molar-refractivity contribution is 0.0880. The van der Waals surface area contributed by atoms with Crippen LogP contribution in [0, 0.1) is 0 Å². The number of hydrogen-bond acceptors (Lipinski definition) is 5. The van der Waals surface area contributed by atoms with E-state index in [1.165, 1.54) is 4.57 Å². The third-order valence-electron chi connectivity index (χ3n) is 5.37. The van der Waals surface area contributed by atoms with Crippen molar-refractivity contribution >= 4 is 40.3 Å². The number of carbonyl (C=O) groups is 2. The van der Waals surface area contributed by atoms with Gasteiger partial charge in [-0.25, -0.2) is 4.98 Å². The highest BCUT2D eigenvalue weighted by Crippen LogP contribution is 2.24. The molecule has 31 heavy (non-hydrogen) atoms. The molecule has 2 aromatic carbocycles. The summed E-state index contributed by atoms with van der Waals surface area (Å²) in [7, 11) is 0. The first-order chi connectivity index (χ1) is 14.9. The van der Waals surface area contributed by atoms with Crippen LogP contribution in [-0.4, -0.2) is 25.9 Å². The van der Waals surface area contributed by atoms with Gasteiger partial charge in [-0.3, -0.25) is 24.3 Å². The molecule has 3 heterocycles. The van der Waals surface area contributed by atoms with Crippen LogP contribution in [0.1, 0.15) is 26.3 Å². The molecule has 154 valence electrons. The first-order valence-electron chi connectivity index (χ1n) is 9.53. The van der Waals surface area contributed by atoms with Crippen molar-refractivity contribution < 1.29 is 9.59 Å². The maximum atomic E-state index is 12.6. The lowest BCUT2D eigenvalue weighted by atomic mass is 10.1. The summed E-state index contributed by atoms with van der Waals surface area (Å²) in [5, 5.41) is 2.86. The molecule has 9 heteroatoms. The van der Waals surface area contributed by atoms with E-state index >= 15 is 0 Å². The van der Waals surface area contributed by atoms with Crippen LogP contribution in [0.4, 0.5) is 5.82 Å². The third-order valence-corrected chi connectivity index (χ3v) is 5.62. The van der Waals surface area contributed by atoms with Crippen molar-refractivity contribution in [1.29, 1.82) is 0 Å². The molecule has 0 fully saturated rings. The Labute approximate surface area is 180 Å². The molecule has 0 atom stereocenters. The van der Waals surface area contributed by atoms with Gasteiger partial charge >= 0.3 is 0 Å². The minimum Gasteiger partial charge on any atom is -0.384 e. The molecule has 4 aromatic rings. The van der Waals surface area contributed by atoms with Crippen molar-refractivity contribution in [3.63, 3.8) is 0 Å². The number of fused-ring (bicyclic) bond motifs is 2. The fourth-order valence-electron chi connectivity index (χ4n) is 3.82. The van der Waals surface area contributed by atoms with Gasteiger partial charge in [-0.1, -0.05) is 23.7 Å². The fourth-order valence-corrected chi connectivity index (χ4v) is 3.94. The molecule has 0 bridgehead atoms. The Kier molecular flexibility index (Phi) is 4.37. The van der Waals surface area contributed by atoms with E-state index in [0.717, 1.165) is 30.1 Å². The Morgan fingerprint density at radius 2 is 1.77 bits per heavy atom. The van der Waals surface area contributed by atoms with Crippen LogP contribution in [0.25, 0.3) is 16.7 Å². The van der Waals surface area contributed by atoms with Crippen molar-refractivity contribution in [3.05, 3.63) is 86.9 Å². The van der Waals surface area contributed by atoms with E-state index in [1.54, 1.807) is 18.5 Å². The van der Waals surface area contributed by atoms with Gasteiger partial charge in [0.2, 0.25) is 0 Å². The first kappa shape index (κ1) is 19.1. The molecule has 2 amide bonds. The van der Waals surface area contributed by atoms with Gasteiger partial charge in [0.05, 0.1) is 34.2 Å². The van der Waals surface area contributed by atoms with Crippen LogP contribution < -0.4 is 16.6 Å². The molecule has 0 spiro atoms. The second-order valence-electron chi connectivity index (χ2n) is 7.26. The number of pyridine rings is 1. The smallest absolute Gasteiger partial charge is 0.262 e. The zero-order valence-corrected chi connectivity index (χ0v) is 16.9. The fraction of sp³-hybridized carbons (Fsp3) is 0.0909. The number of anilines is 1. The molecule has 0 unspecified atom stereocenters. The Morgan fingerprint density at radius 1 is 1.00 bits per heavy atom. The number of benzene rings is 2. The highest BCUT2D eigenvalue weighted by Gasteiger charge is 2.31. The van der Waals surface area contributed by atoms with E-state index in [9.17, 15) is 14.4 Å². The summed E-state index contributed by atoms with van der Waals surface area (Å²) in [5.41, 5.74) is 8.83. The van der Waals surface area contributed by atoms with Gasteiger partial charge in [-0.05, 0) is 42.3 Å². The van der Waals surface area contributed by atoms with Crippen LogP contribution in [0.15, 0.2) is 59.7 Å². The molecule has 8 nitrogen and oxygen atoms in total. The number of amides is 2. The number of nitrogens with zero attached hydrogens (tertiary/aromatic N) is 3. The van der Waals surface area contributed by atoms with Gasteiger partial charge < -0.3 is 10.3 Å². The summed E-state index contributed by atoms with van der Waals surface area (Å²) in [6.45, 7) is 0.723. The summed E-state index contributed by atoms with van der Waals surface area (Å²) in [6.07, 6.45) is 2.55. The van der Waals surface area contributed by atoms with Crippen molar-refractivity contribution in [2.75, 3.05) is 5.73 Å². The zero-order valence-electron chi connectivity index (χ0n) is 16.1. The van der Waals surface area contributed by atoms with Crippen LogP contribution in [0.2, 0.25) is 5.02 Å². The molecule has 0 aliphatic carbocycles. The average Bonchev–Trinajstić information content (AvgIpc) is 3.27. The number of halogens is 1. The van der Waals surface area contributed by atoms with Crippen molar-refractivity contribution in [1.82, 2.24) is 19.4 Å². The number of nitrogens with one attached hydrogen (secondary N) is 1. The van der Waals surface area contributed by atoms with Gasteiger partial charge in [0.15, 0.2) is 0 Å². The summed E-state index contributed by atoms with van der Waals surface area (Å²) in [4.78, 5) is 41.0. The van der Waals surface area contributed by atoms with E-state index < -0.39 is 17.4 Å². The Morgan fingerprint density at radius 3 is 2.55 bits per heavy atom. The summed E-state index contributed by atoms with van der Waals surface area (Å²) >= 11 is 5.94. The molecule has 5 rings (SSSR count). The summed E-state index contributed by atoms with van der Waals surface area (Å²) in [5.74, 6) is -1.31. The van der Waals surface area contributed by atoms with E-state index in [4.69, 9.17) is 17.3 Å². The third kappa shape index (κ3) is 3.17. The Balaban J connectivity index is 1.50. The molecule has 0 saturated carbocycles. The average molecular weight is 434 g/mol. The second-order valence-corrected chi connectivity index (χ2v) is 7.70. The summed E-state index contributed by atoms with van der Waals surface area (Å²) < 4.78 is 3.23. The summed E-state index contributed by atoms with van der Waals surface area (Å²) in [6, 6.07) is 14.1. The standard InChI is InChI=1S/C22H16ClN5O3/c23-13-3-1-12(2-4-13)7-8-27-11-25-16-9-14(5-6-17(16)27)28-18(29)10-15-19(20(28)24)22(31)26-21(15)30/h1-6,9-11H,7-8,24H2,(H,26,30,31). The second kappa shape index (κ2) is 7.10. The molecule has 0 saturated heterocycles. The molecule has 3 N–H and O–H groups in total. The maximum Gasteiger partial charge on any atom is 0.262 e. The quantitative estimate of drug-likeness (QED) is 0.480. The van der Waals surface area contributed by atoms with E-state index in [2.05, 4.69) is 10.3 Å². The van der Waals surface area contributed by atoms with Crippen LogP contribution in [0.3, 0.4) is 0 Å². The van der Waals surface area contributed by atoms with Gasteiger partial charge in [0.25, 0.3) is 17.4 Å². The number of aromatic nitrogens is 3. The maximum absolute atomic E-state index is 12.6. The monoisotopic (exact) mass is 433 g/mol. The lowest BCUT2D eigenvalue weighted by Crippen LogP contribution is -2.24. The molecule has 1 aliphatic rings. The minimum absolute atomic E-state index is 0.00342. The van der Waals surface area contributed by atoms with Crippen LogP contribution in [0.5, 0.6) is 0 Å². The minimum atomic E-state index is -0.620. The van der Waals surface area contributed by atoms with Gasteiger partial charge in [-0.2, -0.15) is 0 Å². The van der Waals surface area contributed by atoms with Crippen molar-refractivity contribution in [2.24, 2.45) is 0 Å². The number of imidazole rings is 1. The van der Waals surface area contributed by atoms with E-state index in [0.29, 0.717) is 16.2 Å². The molecular formula is C22H16ClN5O3. The highest BCUT2D eigenvalue weighted by molar-refractivity contribution is 6.30. The van der Waals surface area contributed by atoms with Crippen molar-refractivity contribution in [3.8, 4) is 5.69 Å². The molecule has 0 radical (unpaired) electrons. The van der Waals surface area contributed by atoms with Gasteiger partial charge in [0.1, 0.15) is 5.82 Å². The first-order valence-corrected chi connectivity index (χ1v) is 9.91. The highest BCUT2D eigenvalue weighted by atomic mass is 35.5. The van der Waals surface area contributed by atoms with Crippen molar-refractivity contribution in [2.45, 2.75) is 13.0 Å². The largest absolute Gasteiger partial charge is 0.384 e. The lowest BCUT2D eigenvalue weighted by Gasteiger charge is -2.12. The number of imide groups is 1. The van der Waals surface area contributed by atoms with Crippen LogP contribution >= 0.6 is 11.6 Å². The van der Waals surface area contributed by atoms with Gasteiger partial charge in [-0.15, -0.1) is 0 Å². The van der Waals surface area contributed by atoms with E-state index in [-0.39, 0.29) is 16.9 Å². The number of nitrogens with two attached hydrogens (primary N) is 1. The number of nitrogen functional groups attached to an aromatic ring is 1. The number of aryl methyl sites for hydroxylation is 2. The predicted octanol–water partition coefficient (Wildman–Crippen LogP) is 2.55. The molecular weight excluding hydrogens is 418 g/mol. The van der Waals surface area contributed by atoms with E-state index in [1.807, 2.05) is 34.9 Å². The number of carbonyl (C=O) groups excluding carboxylic acids is 2. The normalized spacial score (nSPS) is 12.9. The van der Waals surface area contributed by atoms with Crippen LogP contribution in [-0.2, 0) is 13.0 Å². The molecule has 2 aromatic heterocycles.